The van der Waals surface area contributed by atoms with Crippen molar-refractivity contribution >= 4 is 15.9 Å². The minimum absolute atomic E-state index is 0.144. The second kappa shape index (κ2) is 11.6. The summed E-state index contributed by atoms with van der Waals surface area (Å²) >= 11 is 0. The maximum absolute atomic E-state index is 12.9. The molecule has 167 valence electrons. The summed E-state index contributed by atoms with van der Waals surface area (Å²) in [6, 6.07) is 26.0. The third kappa shape index (κ3) is 7.32. The van der Waals surface area contributed by atoms with E-state index >= 15 is 0 Å². The molecule has 0 saturated carbocycles. The minimum atomic E-state index is -3.83. The molecule has 32 heavy (non-hydrogen) atoms. The lowest BCUT2D eigenvalue weighted by Gasteiger charge is -2.19. The van der Waals surface area contributed by atoms with Crippen molar-refractivity contribution < 1.29 is 13.2 Å². The van der Waals surface area contributed by atoms with Gasteiger partial charge < -0.3 is 5.32 Å². The van der Waals surface area contributed by atoms with Gasteiger partial charge in [-0.3, -0.25) is 4.79 Å². The predicted octanol–water partition coefficient (Wildman–Crippen LogP) is 3.82. The number of hydrogen-bond acceptors (Lipinski definition) is 3. The van der Waals surface area contributed by atoms with Crippen molar-refractivity contribution in [3.05, 3.63) is 102 Å². The quantitative estimate of drug-likeness (QED) is 0.437. The number of carbonyl (C=O) groups is 1. The second-order valence-electron chi connectivity index (χ2n) is 7.83. The van der Waals surface area contributed by atoms with E-state index in [-0.39, 0.29) is 17.2 Å². The van der Waals surface area contributed by atoms with Crippen LogP contribution in [0.5, 0.6) is 0 Å². The molecule has 3 aromatic rings. The lowest BCUT2D eigenvalue weighted by molar-refractivity contribution is -0.122. The van der Waals surface area contributed by atoms with Gasteiger partial charge in [0.25, 0.3) is 0 Å². The molecule has 3 aromatic carbocycles. The number of unbranched alkanes of at least 4 members (excludes halogenated alkanes) is 1. The van der Waals surface area contributed by atoms with Crippen molar-refractivity contribution in [2.45, 2.75) is 43.5 Å². The first-order chi connectivity index (χ1) is 15.4. The normalized spacial score (nSPS) is 12.3. The van der Waals surface area contributed by atoms with Crippen LogP contribution in [0.2, 0.25) is 0 Å². The molecule has 0 aliphatic rings. The summed E-state index contributed by atoms with van der Waals surface area (Å²) in [6.45, 7) is 2.39. The third-order valence-electron chi connectivity index (χ3n) is 5.21. The molecule has 0 fully saturated rings. The van der Waals surface area contributed by atoms with Crippen molar-refractivity contribution in [1.82, 2.24) is 10.0 Å². The number of benzene rings is 3. The van der Waals surface area contributed by atoms with Crippen molar-refractivity contribution in [3.8, 4) is 0 Å². The van der Waals surface area contributed by atoms with E-state index in [0.717, 1.165) is 30.4 Å². The summed E-state index contributed by atoms with van der Waals surface area (Å²) < 4.78 is 28.4. The van der Waals surface area contributed by atoms with E-state index in [4.69, 9.17) is 0 Å². The van der Waals surface area contributed by atoms with Gasteiger partial charge in [-0.15, -0.1) is 0 Å². The number of rotatable bonds is 11. The maximum Gasteiger partial charge on any atom is 0.241 e. The van der Waals surface area contributed by atoms with E-state index in [2.05, 4.69) is 28.2 Å². The van der Waals surface area contributed by atoms with Gasteiger partial charge >= 0.3 is 0 Å². The monoisotopic (exact) mass is 449 g/mol. The fraction of sp³-hybridized carbons (Fsp3) is 0.269. The number of aryl methyl sites for hydroxylation is 2. The molecular formula is C26H29N2O3S. The van der Waals surface area contributed by atoms with Gasteiger partial charge in [-0.05, 0) is 61.9 Å². The highest BCUT2D eigenvalue weighted by Gasteiger charge is 2.25. The Bertz CT molecular complexity index is 1080. The molecule has 0 aliphatic carbocycles. The van der Waals surface area contributed by atoms with Gasteiger partial charge in [0.1, 0.15) is 6.04 Å². The largest absolute Gasteiger partial charge is 0.355 e. The molecule has 6 heteroatoms. The Hall–Kier alpha value is -2.96. The first-order valence-corrected chi connectivity index (χ1v) is 12.3. The van der Waals surface area contributed by atoms with Crippen LogP contribution < -0.4 is 10.0 Å². The summed E-state index contributed by atoms with van der Waals surface area (Å²) in [6.07, 6.45) is 2.97. The van der Waals surface area contributed by atoms with Crippen LogP contribution in [0.4, 0.5) is 0 Å². The van der Waals surface area contributed by atoms with E-state index < -0.39 is 16.1 Å². The van der Waals surface area contributed by atoms with E-state index in [9.17, 15) is 13.2 Å². The number of hydrogen-bond donors (Lipinski definition) is 2. The summed E-state index contributed by atoms with van der Waals surface area (Å²) in [5, 5.41) is 2.90. The number of nitrogens with one attached hydrogen (secondary N) is 2. The fourth-order valence-corrected chi connectivity index (χ4v) is 4.58. The molecule has 0 bridgehead atoms. The lowest BCUT2D eigenvalue weighted by atomic mass is 10.1. The smallest absolute Gasteiger partial charge is 0.241 e. The van der Waals surface area contributed by atoms with Crippen molar-refractivity contribution in [1.29, 1.82) is 0 Å². The van der Waals surface area contributed by atoms with Crippen LogP contribution in [0.25, 0.3) is 0 Å². The molecule has 0 saturated heterocycles. The van der Waals surface area contributed by atoms with Crippen LogP contribution in [0.3, 0.4) is 0 Å². The molecule has 2 N–H and O–H groups in total. The molecule has 1 amide bonds. The summed E-state index contributed by atoms with van der Waals surface area (Å²) in [7, 11) is -3.83. The maximum atomic E-state index is 12.9. The average Bonchev–Trinajstić information content (AvgIpc) is 2.80. The van der Waals surface area contributed by atoms with E-state index in [1.165, 1.54) is 5.56 Å². The Balaban J connectivity index is 1.61. The first-order valence-electron chi connectivity index (χ1n) is 10.8. The zero-order chi connectivity index (χ0) is 22.8. The summed E-state index contributed by atoms with van der Waals surface area (Å²) in [5.41, 5.74) is 3.09. The van der Waals surface area contributed by atoms with Crippen LogP contribution >= 0.6 is 0 Å². The molecule has 1 atom stereocenters. The van der Waals surface area contributed by atoms with E-state index in [1.54, 1.807) is 36.4 Å². The average molecular weight is 450 g/mol. The zero-order valence-corrected chi connectivity index (χ0v) is 19.1. The van der Waals surface area contributed by atoms with Gasteiger partial charge in [0.05, 0.1) is 4.90 Å². The third-order valence-corrected chi connectivity index (χ3v) is 6.69. The Morgan fingerprint density at radius 2 is 1.59 bits per heavy atom. The zero-order valence-electron chi connectivity index (χ0n) is 18.3. The van der Waals surface area contributed by atoms with Gasteiger partial charge in [-0.2, -0.15) is 4.72 Å². The van der Waals surface area contributed by atoms with E-state index in [1.807, 2.05) is 37.3 Å². The Labute approximate surface area is 190 Å². The highest BCUT2D eigenvalue weighted by molar-refractivity contribution is 7.89. The SMILES string of the molecule is Cc1ccc(S(=O)(=O)N[C@@H](Cc2cc[c]cc2)C(=O)NCCCCc2ccccc2)cc1. The molecule has 0 aliphatic heterocycles. The fourth-order valence-electron chi connectivity index (χ4n) is 3.39. The van der Waals surface area contributed by atoms with Crippen molar-refractivity contribution in [2.75, 3.05) is 6.54 Å². The topological polar surface area (TPSA) is 75.3 Å². The molecule has 5 nitrogen and oxygen atoms in total. The molecule has 0 spiro atoms. The van der Waals surface area contributed by atoms with Gasteiger partial charge in [-0.25, -0.2) is 8.42 Å². The Kier molecular flexibility index (Phi) is 8.59. The summed E-state index contributed by atoms with van der Waals surface area (Å²) in [4.78, 5) is 13.0. The molecule has 0 heterocycles. The molecule has 0 unspecified atom stereocenters. The van der Waals surface area contributed by atoms with Gasteiger partial charge in [0.15, 0.2) is 0 Å². The predicted molar refractivity (Wildman–Crippen MR) is 127 cm³/mol. The van der Waals surface area contributed by atoms with Crippen molar-refractivity contribution in [3.63, 3.8) is 0 Å². The van der Waals surface area contributed by atoms with Crippen LogP contribution in [0.1, 0.15) is 29.5 Å². The first kappa shape index (κ1) is 23.7. The standard InChI is InChI=1S/C26H29N2O3S/c1-21-15-17-24(18-16-21)32(30,31)28-25(20-23-13-6-3-7-14-23)26(29)27-19-9-8-12-22-10-4-2-5-11-22/h2,4-7,10-11,13-18,25,28H,8-9,12,19-20H2,1H3,(H,27,29)/t25-/m0/s1. The van der Waals surface area contributed by atoms with Gasteiger partial charge in [-0.1, -0.05) is 72.3 Å². The Morgan fingerprint density at radius 3 is 2.28 bits per heavy atom. The highest BCUT2D eigenvalue weighted by Crippen LogP contribution is 2.13. The molecular weight excluding hydrogens is 420 g/mol. The van der Waals surface area contributed by atoms with Gasteiger partial charge in [0.2, 0.25) is 15.9 Å². The summed E-state index contributed by atoms with van der Waals surface area (Å²) in [5.74, 6) is -0.326. The molecule has 0 aromatic heterocycles. The van der Waals surface area contributed by atoms with Crippen LogP contribution in [0.15, 0.2) is 83.8 Å². The number of carbonyl (C=O) groups excluding carboxylic acids is 1. The highest BCUT2D eigenvalue weighted by atomic mass is 32.2. The van der Waals surface area contributed by atoms with Crippen LogP contribution in [-0.2, 0) is 27.7 Å². The number of sulfonamides is 1. The van der Waals surface area contributed by atoms with Gasteiger partial charge in [0, 0.05) is 6.54 Å². The van der Waals surface area contributed by atoms with Crippen LogP contribution in [-0.4, -0.2) is 26.9 Å². The molecule has 1 radical (unpaired) electrons. The minimum Gasteiger partial charge on any atom is -0.355 e. The van der Waals surface area contributed by atoms with Crippen LogP contribution in [0, 0.1) is 13.0 Å². The molecule has 3 rings (SSSR count). The van der Waals surface area contributed by atoms with Crippen molar-refractivity contribution in [2.24, 2.45) is 0 Å². The second-order valence-corrected chi connectivity index (χ2v) is 9.55. The van der Waals surface area contributed by atoms with E-state index in [0.29, 0.717) is 6.54 Å². The number of amides is 1. The Morgan fingerprint density at radius 1 is 0.906 bits per heavy atom. The lowest BCUT2D eigenvalue weighted by Crippen LogP contribution is -2.48.